The molecule has 160 valence electrons. The monoisotopic (exact) mass is 442 g/mol. The number of aromatic nitrogens is 1. The predicted molar refractivity (Wildman–Crippen MR) is 104 cm³/mol. The number of benzene rings is 1. The molecule has 0 spiro atoms. The molecule has 1 aliphatic heterocycles. The zero-order valence-corrected chi connectivity index (χ0v) is 16.4. The van der Waals surface area contributed by atoms with Gasteiger partial charge < -0.3 is 9.47 Å². The smallest absolute Gasteiger partial charge is 0.362 e. The van der Waals surface area contributed by atoms with Crippen molar-refractivity contribution in [2.75, 3.05) is 18.0 Å². The van der Waals surface area contributed by atoms with Crippen molar-refractivity contribution in [2.24, 2.45) is 0 Å². The van der Waals surface area contributed by atoms with Crippen LogP contribution in [0.15, 0.2) is 41.3 Å². The largest absolute Gasteiger partial charge is 0.417 e. The summed E-state index contributed by atoms with van der Waals surface area (Å²) in [5.74, 6) is -1.38. The second-order valence-corrected chi connectivity index (χ2v) is 7.16. The highest BCUT2D eigenvalue weighted by atomic mass is 35.5. The van der Waals surface area contributed by atoms with E-state index < -0.39 is 40.7 Å². The number of nitrogens with zero attached hydrogens (tertiary/aromatic N) is 2. The van der Waals surface area contributed by atoms with Crippen molar-refractivity contribution in [1.82, 2.24) is 15.4 Å². The van der Waals surface area contributed by atoms with Crippen LogP contribution in [-0.4, -0.2) is 29.5 Å². The zero-order chi connectivity index (χ0) is 21.9. The Bertz CT molecular complexity index is 1020. The normalized spacial score (nSPS) is 13.5. The third-order valence-electron chi connectivity index (χ3n) is 4.57. The molecule has 7 nitrogen and oxygen atoms in total. The Balaban J connectivity index is 1.59. The minimum atomic E-state index is -4.73. The van der Waals surface area contributed by atoms with Crippen LogP contribution >= 0.6 is 11.6 Å². The molecule has 1 aromatic heterocycles. The molecule has 2 aromatic rings. The van der Waals surface area contributed by atoms with Gasteiger partial charge in [0.1, 0.15) is 11.6 Å². The number of hydrazine groups is 1. The fourth-order valence-electron chi connectivity index (χ4n) is 3.19. The highest BCUT2D eigenvalue weighted by molar-refractivity contribution is 6.30. The topological polar surface area (TPSA) is 83.4 Å². The number of amides is 2. The van der Waals surface area contributed by atoms with Crippen LogP contribution in [0, 0.1) is 0 Å². The summed E-state index contributed by atoms with van der Waals surface area (Å²) in [6.45, 7) is -0.0710. The lowest BCUT2D eigenvalue weighted by molar-refractivity contribution is -0.138. The van der Waals surface area contributed by atoms with E-state index in [1.165, 1.54) is 0 Å². The molecule has 1 aliphatic rings. The first kappa shape index (κ1) is 21.7. The third-order valence-corrected chi connectivity index (χ3v) is 4.84. The molecule has 0 saturated heterocycles. The highest BCUT2D eigenvalue weighted by Gasteiger charge is 2.32. The molecule has 0 unspecified atom stereocenters. The summed E-state index contributed by atoms with van der Waals surface area (Å²) in [5.41, 5.74) is 4.27. The number of anilines is 1. The highest BCUT2D eigenvalue weighted by Crippen LogP contribution is 2.29. The molecule has 11 heteroatoms. The lowest BCUT2D eigenvalue weighted by atomic mass is 10.0. The average molecular weight is 443 g/mol. The maximum Gasteiger partial charge on any atom is 0.417 e. The molecule has 0 saturated carbocycles. The summed E-state index contributed by atoms with van der Waals surface area (Å²) >= 11 is 5.55. The number of nitrogens with one attached hydrogen (secondary N) is 2. The molecular formula is C19H18ClF3N4O3. The lowest BCUT2D eigenvalue weighted by Gasteiger charge is -2.30. The van der Waals surface area contributed by atoms with Crippen molar-refractivity contribution in [2.45, 2.75) is 25.6 Å². The molecule has 2 amide bonds. The van der Waals surface area contributed by atoms with E-state index in [2.05, 4.69) is 10.9 Å². The number of fused-ring (bicyclic) bond motifs is 1. The van der Waals surface area contributed by atoms with Crippen molar-refractivity contribution in [1.29, 1.82) is 0 Å². The van der Waals surface area contributed by atoms with E-state index in [0.29, 0.717) is 23.4 Å². The fourth-order valence-corrected chi connectivity index (χ4v) is 3.42. The number of hydrogen-bond acceptors (Lipinski definition) is 4. The number of aryl methyl sites for hydroxylation is 1. The van der Waals surface area contributed by atoms with Gasteiger partial charge >= 0.3 is 6.18 Å². The molecule has 0 fully saturated rings. The van der Waals surface area contributed by atoms with Gasteiger partial charge in [0.15, 0.2) is 0 Å². The quantitative estimate of drug-likeness (QED) is 0.711. The first-order valence-corrected chi connectivity index (χ1v) is 9.40. The summed E-state index contributed by atoms with van der Waals surface area (Å²) in [6, 6.07) is 8.18. The second kappa shape index (κ2) is 8.78. The average Bonchev–Trinajstić information content (AvgIpc) is 2.69. The summed E-state index contributed by atoms with van der Waals surface area (Å²) < 4.78 is 39.1. The molecule has 0 atom stereocenters. The van der Waals surface area contributed by atoms with E-state index >= 15 is 0 Å². The van der Waals surface area contributed by atoms with Crippen molar-refractivity contribution in [3.05, 3.63) is 63.0 Å². The summed E-state index contributed by atoms with van der Waals surface area (Å²) in [6.07, 6.45) is -2.43. The van der Waals surface area contributed by atoms with Gasteiger partial charge in [0.05, 0.1) is 12.1 Å². The number of halogens is 4. The van der Waals surface area contributed by atoms with Gasteiger partial charge in [-0.25, -0.2) is 0 Å². The van der Waals surface area contributed by atoms with Crippen LogP contribution in [-0.2, 0) is 28.7 Å². The number of carbonyl (C=O) groups is 2. The van der Waals surface area contributed by atoms with Gasteiger partial charge in [0.25, 0.3) is 17.4 Å². The standard InChI is InChI=1S/C19H18ClF3N4O3/c20-14-8-13(19(21,22)23)9-27(18(14)30)11-17(29)25-24-16(28)10-26-7-3-5-12-4-1-2-6-15(12)26/h1-2,4,6,8-9H,3,5,7,10-11H2,(H,24,28)(H,25,29). The number of rotatable bonds is 4. The minimum absolute atomic E-state index is 0.00731. The van der Waals surface area contributed by atoms with Gasteiger partial charge in [-0.15, -0.1) is 0 Å². The molecule has 1 aromatic carbocycles. The van der Waals surface area contributed by atoms with E-state index in [-0.39, 0.29) is 6.54 Å². The lowest BCUT2D eigenvalue weighted by Crippen LogP contribution is -2.48. The summed E-state index contributed by atoms with van der Waals surface area (Å²) in [7, 11) is 0. The number of hydrogen-bond donors (Lipinski definition) is 2. The van der Waals surface area contributed by atoms with Crippen molar-refractivity contribution >= 4 is 29.1 Å². The SMILES string of the molecule is O=C(CN1CCCc2ccccc21)NNC(=O)Cn1cc(C(F)(F)F)cc(Cl)c1=O. The van der Waals surface area contributed by atoms with Crippen LogP contribution in [0.1, 0.15) is 17.5 Å². The Morgan fingerprint density at radius 2 is 1.77 bits per heavy atom. The first-order valence-electron chi connectivity index (χ1n) is 9.03. The third kappa shape index (κ3) is 5.12. The maximum absolute atomic E-state index is 12.9. The Morgan fingerprint density at radius 3 is 2.47 bits per heavy atom. The Labute approximate surface area is 174 Å². The van der Waals surface area contributed by atoms with Crippen LogP contribution in [0.2, 0.25) is 5.02 Å². The van der Waals surface area contributed by atoms with Crippen LogP contribution < -0.4 is 21.3 Å². The number of pyridine rings is 1. The molecule has 2 N–H and O–H groups in total. The van der Waals surface area contributed by atoms with Gasteiger partial charge in [-0.05, 0) is 30.5 Å². The van der Waals surface area contributed by atoms with E-state index in [4.69, 9.17) is 11.6 Å². The van der Waals surface area contributed by atoms with Crippen molar-refractivity contribution in [3.63, 3.8) is 0 Å². The van der Waals surface area contributed by atoms with E-state index in [1.54, 1.807) is 0 Å². The van der Waals surface area contributed by atoms with Gasteiger partial charge in [-0.1, -0.05) is 29.8 Å². The molecule has 0 radical (unpaired) electrons. The van der Waals surface area contributed by atoms with Crippen LogP contribution in [0.3, 0.4) is 0 Å². The maximum atomic E-state index is 12.9. The second-order valence-electron chi connectivity index (χ2n) is 6.76. The summed E-state index contributed by atoms with van der Waals surface area (Å²) in [4.78, 5) is 38.0. The molecular weight excluding hydrogens is 425 g/mol. The van der Waals surface area contributed by atoms with Crippen LogP contribution in [0.5, 0.6) is 0 Å². The predicted octanol–water partition coefficient (Wildman–Crippen LogP) is 2.12. The van der Waals surface area contributed by atoms with Gasteiger partial charge in [-0.3, -0.25) is 25.2 Å². The van der Waals surface area contributed by atoms with Crippen molar-refractivity contribution in [3.8, 4) is 0 Å². The van der Waals surface area contributed by atoms with Gasteiger partial charge in [0.2, 0.25) is 0 Å². The van der Waals surface area contributed by atoms with E-state index in [0.717, 1.165) is 24.1 Å². The Morgan fingerprint density at radius 1 is 1.10 bits per heavy atom. The van der Waals surface area contributed by atoms with E-state index in [9.17, 15) is 27.6 Å². The molecule has 2 heterocycles. The number of para-hydroxylation sites is 1. The van der Waals surface area contributed by atoms with E-state index in [1.807, 2.05) is 29.2 Å². The summed E-state index contributed by atoms with van der Waals surface area (Å²) in [5, 5.41) is -0.662. The van der Waals surface area contributed by atoms with Gasteiger partial charge in [0, 0.05) is 18.4 Å². The fraction of sp³-hybridized carbons (Fsp3) is 0.316. The first-order chi connectivity index (χ1) is 14.1. The molecule has 0 aliphatic carbocycles. The number of carbonyl (C=O) groups excluding carboxylic acids is 2. The number of alkyl halides is 3. The van der Waals surface area contributed by atoms with Crippen LogP contribution in [0.4, 0.5) is 18.9 Å². The Kier molecular flexibility index (Phi) is 6.35. The Hall–Kier alpha value is -3.01. The van der Waals surface area contributed by atoms with Gasteiger partial charge in [-0.2, -0.15) is 13.2 Å². The van der Waals surface area contributed by atoms with Crippen molar-refractivity contribution < 1.29 is 22.8 Å². The molecule has 30 heavy (non-hydrogen) atoms. The molecule has 0 bridgehead atoms. The van der Waals surface area contributed by atoms with Crippen LogP contribution in [0.25, 0.3) is 0 Å². The molecule has 3 rings (SSSR count). The minimum Gasteiger partial charge on any atom is -0.362 e. The zero-order valence-electron chi connectivity index (χ0n) is 15.6.